The molecule has 1 aromatic carbocycles. The Morgan fingerprint density at radius 3 is 2.86 bits per heavy atom. The summed E-state index contributed by atoms with van der Waals surface area (Å²) in [5.41, 5.74) is 1.65. The van der Waals surface area contributed by atoms with Crippen LogP contribution in [0, 0.1) is 0 Å². The summed E-state index contributed by atoms with van der Waals surface area (Å²) in [6, 6.07) is 5.47. The molecule has 0 saturated heterocycles. The van der Waals surface area contributed by atoms with Crippen molar-refractivity contribution in [1.82, 2.24) is 4.90 Å². The molecule has 0 aromatic heterocycles. The van der Waals surface area contributed by atoms with Gasteiger partial charge in [0.25, 0.3) is 0 Å². The number of rotatable bonds is 5. The van der Waals surface area contributed by atoms with Crippen molar-refractivity contribution in [3.8, 4) is 5.75 Å². The van der Waals surface area contributed by atoms with Gasteiger partial charge in [-0.25, -0.2) is 0 Å². The van der Waals surface area contributed by atoms with Gasteiger partial charge in [0.15, 0.2) is 0 Å². The molecule has 0 bridgehead atoms. The number of ether oxygens (including phenoxy) is 2. The lowest BCUT2D eigenvalue weighted by molar-refractivity contribution is -0.126. The summed E-state index contributed by atoms with van der Waals surface area (Å²) in [4.78, 5) is 13.5. The van der Waals surface area contributed by atoms with Crippen molar-refractivity contribution in [2.45, 2.75) is 11.2 Å². The third-order valence-corrected chi connectivity index (χ3v) is 4.33. The SMILES string of the molecule is COCCOc1ccc(C2=CCC(Br)C(=O)N2C)c(Cl)c1. The van der Waals surface area contributed by atoms with Gasteiger partial charge in [-0.1, -0.05) is 33.6 Å². The average Bonchev–Trinajstić information content (AvgIpc) is 2.46. The van der Waals surface area contributed by atoms with Crippen molar-refractivity contribution in [3.05, 3.63) is 34.9 Å². The first-order valence-electron chi connectivity index (χ1n) is 6.58. The molecule has 0 radical (unpaired) electrons. The molecular formula is C15H17BrClNO3. The number of alkyl halides is 1. The van der Waals surface area contributed by atoms with Crippen LogP contribution in [0.5, 0.6) is 5.75 Å². The van der Waals surface area contributed by atoms with Gasteiger partial charge in [0.1, 0.15) is 12.4 Å². The molecule has 0 saturated carbocycles. The summed E-state index contributed by atoms with van der Waals surface area (Å²) >= 11 is 9.68. The molecular weight excluding hydrogens is 358 g/mol. The lowest BCUT2D eigenvalue weighted by Crippen LogP contribution is -2.35. The predicted octanol–water partition coefficient (Wildman–Crippen LogP) is 3.33. The summed E-state index contributed by atoms with van der Waals surface area (Å²) in [6.45, 7) is 0.993. The van der Waals surface area contributed by atoms with Gasteiger partial charge in [-0.05, 0) is 24.6 Å². The largest absolute Gasteiger partial charge is 0.491 e. The van der Waals surface area contributed by atoms with Crippen molar-refractivity contribution in [3.63, 3.8) is 0 Å². The number of hydrogen-bond donors (Lipinski definition) is 0. The number of carbonyl (C=O) groups excluding carboxylic acids is 1. The highest BCUT2D eigenvalue weighted by molar-refractivity contribution is 9.10. The van der Waals surface area contributed by atoms with E-state index in [1.165, 1.54) is 0 Å². The highest BCUT2D eigenvalue weighted by Gasteiger charge is 2.27. The molecule has 0 N–H and O–H groups in total. The summed E-state index contributed by atoms with van der Waals surface area (Å²) < 4.78 is 10.5. The normalized spacial score (nSPS) is 18.7. The smallest absolute Gasteiger partial charge is 0.240 e. The number of hydrogen-bond acceptors (Lipinski definition) is 3. The van der Waals surface area contributed by atoms with Crippen LogP contribution in [0.2, 0.25) is 5.02 Å². The molecule has 0 fully saturated rings. The van der Waals surface area contributed by atoms with E-state index in [2.05, 4.69) is 15.9 Å². The van der Waals surface area contributed by atoms with E-state index in [4.69, 9.17) is 21.1 Å². The summed E-state index contributed by atoms with van der Waals surface area (Å²) in [5.74, 6) is 0.716. The number of halogens is 2. The van der Waals surface area contributed by atoms with E-state index in [1.54, 1.807) is 25.1 Å². The molecule has 1 amide bonds. The second kappa shape index (κ2) is 7.29. The maximum absolute atomic E-state index is 12.0. The van der Waals surface area contributed by atoms with Gasteiger partial charge in [0.2, 0.25) is 5.91 Å². The van der Waals surface area contributed by atoms with Gasteiger partial charge in [-0.15, -0.1) is 0 Å². The Balaban J connectivity index is 2.19. The molecule has 0 aliphatic carbocycles. The Morgan fingerprint density at radius 2 is 2.19 bits per heavy atom. The lowest BCUT2D eigenvalue weighted by atomic mass is 10.0. The van der Waals surface area contributed by atoms with Crippen LogP contribution in [0.15, 0.2) is 24.3 Å². The molecule has 21 heavy (non-hydrogen) atoms. The van der Waals surface area contributed by atoms with Crippen LogP contribution in [0.25, 0.3) is 5.70 Å². The number of allylic oxidation sites excluding steroid dienone is 1. The summed E-state index contributed by atoms with van der Waals surface area (Å²) in [7, 11) is 3.37. The van der Waals surface area contributed by atoms with Gasteiger partial charge in [0, 0.05) is 25.4 Å². The van der Waals surface area contributed by atoms with Gasteiger partial charge >= 0.3 is 0 Å². The molecule has 1 heterocycles. The van der Waals surface area contributed by atoms with E-state index in [0.717, 1.165) is 11.3 Å². The topological polar surface area (TPSA) is 38.8 Å². The summed E-state index contributed by atoms with van der Waals surface area (Å²) in [6.07, 6.45) is 2.66. The average molecular weight is 375 g/mol. The number of methoxy groups -OCH3 is 1. The van der Waals surface area contributed by atoms with Crippen LogP contribution in [-0.2, 0) is 9.53 Å². The maximum atomic E-state index is 12.0. The molecule has 1 atom stereocenters. The molecule has 1 aliphatic heterocycles. The van der Waals surface area contributed by atoms with Gasteiger partial charge in [0.05, 0.1) is 16.5 Å². The molecule has 1 aliphatic rings. The minimum absolute atomic E-state index is 0.0315. The van der Waals surface area contributed by atoms with Crippen molar-refractivity contribution in [2.75, 3.05) is 27.4 Å². The van der Waals surface area contributed by atoms with Crippen LogP contribution in [0.3, 0.4) is 0 Å². The number of carbonyl (C=O) groups is 1. The van der Waals surface area contributed by atoms with E-state index >= 15 is 0 Å². The van der Waals surface area contributed by atoms with E-state index in [1.807, 2.05) is 18.2 Å². The second-order valence-corrected chi connectivity index (χ2v) is 6.19. The standard InChI is InChI=1S/C15H17BrClNO3/c1-18-14(6-5-12(16)15(18)19)11-4-3-10(9-13(11)17)21-8-7-20-2/h3-4,6,9,12H,5,7-8H2,1-2H3. The van der Waals surface area contributed by atoms with E-state index < -0.39 is 0 Å². The van der Waals surface area contributed by atoms with E-state index in [-0.39, 0.29) is 10.7 Å². The Labute approximate surface area is 137 Å². The third kappa shape index (κ3) is 3.78. The molecule has 1 unspecified atom stereocenters. The fourth-order valence-electron chi connectivity index (χ4n) is 2.11. The maximum Gasteiger partial charge on any atom is 0.240 e. The lowest BCUT2D eigenvalue weighted by Gasteiger charge is -2.28. The number of nitrogens with zero attached hydrogens (tertiary/aromatic N) is 1. The fourth-order valence-corrected chi connectivity index (χ4v) is 2.87. The van der Waals surface area contributed by atoms with Crippen molar-refractivity contribution >= 4 is 39.1 Å². The molecule has 0 spiro atoms. The van der Waals surface area contributed by atoms with Crippen LogP contribution in [0.1, 0.15) is 12.0 Å². The Kier molecular flexibility index (Phi) is 5.67. The predicted molar refractivity (Wildman–Crippen MR) is 86.9 cm³/mol. The first-order valence-corrected chi connectivity index (χ1v) is 7.87. The van der Waals surface area contributed by atoms with E-state index in [9.17, 15) is 4.79 Å². The zero-order chi connectivity index (χ0) is 15.4. The van der Waals surface area contributed by atoms with E-state index in [0.29, 0.717) is 30.4 Å². The number of benzene rings is 1. The molecule has 4 nitrogen and oxygen atoms in total. The highest BCUT2D eigenvalue weighted by Crippen LogP contribution is 2.33. The van der Waals surface area contributed by atoms with Gasteiger partial charge in [-0.2, -0.15) is 0 Å². The van der Waals surface area contributed by atoms with Crippen LogP contribution in [0.4, 0.5) is 0 Å². The third-order valence-electron chi connectivity index (χ3n) is 3.25. The molecule has 114 valence electrons. The Bertz CT molecular complexity index is 562. The highest BCUT2D eigenvalue weighted by atomic mass is 79.9. The van der Waals surface area contributed by atoms with Crippen LogP contribution >= 0.6 is 27.5 Å². The van der Waals surface area contributed by atoms with Gasteiger partial charge in [-0.3, -0.25) is 4.79 Å². The zero-order valence-corrected chi connectivity index (χ0v) is 14.3. The molecule has 2 rings (SSSR count). The Hall–Kier alpha value is -1.04. The minimum Gasteiger partial charge on any atom is -0.491 e. The second-order valence-electron chi connectivity index (χ2n) is 4.67. The van der Waals surface area contributed by atoms with Crippen molar-refractivity contribution in [2.24, 2.45) is 0 Å². The first kappa shape index (κ1) is 16.3. The quantitative estimate of drug-likeness (QED) is 0.586. The zero-order valence-electron chi connectivity index (χ0n) is 11.9. The fraction of sp³-hybridized carbons (Fsp3) is 0.400. The number of amides is 1. The van der Waals surface area contributed by atoms with Crippen LogP contribution < -0.4 is 4.74 Å². The summed E-state index contributed by atoms with van der Waals surface area (Å²) in [5, 5.41) is 0.559. The van der Waals surface area contributed by atoms with Crippen LogP contribution in [-0.4, -0.2) is 43.0 Å². The van der Waals surface area contributed by atoms with Crippen molar-refractivity contribution in [1.29, 1.82) is 0 Å². The van der Waals surface area contributed by atoms with Crippen molar-refractivity contribution < 1.29 is 14.3 Å². The first-order chi connectivity index (χ1) is 10.0. The minimum atomic E-state index is -0.165. The Morgan fingerprint density at radius 1 is 1.43 bits per heavy atom. The molecule has 1 aromatic rings. The molecule has 6 heteroatoms. The van der Waals surface area contributed by atoms with Gasteiger partial charge < -0.3 is 14.4 Å². The monoisotopic (exact) mass is 373 g/mol.